The zero-order valence-electron chi connectivity index (χ0n) is 19.3. The minimum atomic E-state index is -0.644. The summed E-state index contributed by atoms with van der Waals surface area (Å²) in [7, 11) is 0. The fraction of sp³-hybridized carbons (Fsp3) is 0.143. The topological polar surface area (TPSA) is 98.5 Å². The van der Waals surface area contributed by atoms with E-state index in [0.29, 0.717) is 28.0 Å². The molecule has 174 valence electrons. The first kappa shape index (κ1) is 22.2. The van der Waals surface area contributed by atoms with Gasteiger partial charge in [0, 0.05) is 22.6 Å². The first-order valence-corrected chi connectivity index (χ1v) is 11.0. The van der Waals surface area contributed by atoms with Gasteiger partial charge in [0.05, 0.1) is 5.92 Å². The van der Waals surface area contributed by atoms with Crippen molar-refractivity contribution < 1.29 is 23.1 Å². The van der Waals surface area contributed by atoms with Crippen molar-refractivity contribution in [1.29, 1.82) is 5.26 Å². The van der Waals surface area contributed by atoms with Crippen LogP contribution in [0.5, 0.6) is 11.5 Å². The molecule has 0 spiro atoms. The number of halogens is 1. The third kappa shape index (κ3) is 3.69. The Morgan fingerprint density at radius 3 is 2.63 bits per heavy atom. The highest BCUT2D eigenvalue weighted by molar-refractivity contribution is 5.97. The molecule has 5 rings (SSSR count). The summed E-state index contributed by atoms with van der Waals surface area (Å²) in [6.45, 7) is 5.73. The molecule has 0 fully saturated rings. The number of nitrogens with zero attached hydrogens (tertiary/aromatic N) is 1. The second-order valence-corrected chi connectivity index (χ2v) is 8.51. The van der Waals surface area contributed by atoms with E-state index in [1.807, 2.05) is 32.9 Å². The number of nitrogens with two attached hydrogens (primary N) is 1. The van der Waals surface area contributed by atoms with Gasteiger partial charge in [0.2, 0.25) is 11.6 Å². The van der Waals surface area contributed by atoms with E-state index in [4.69, 9.17) is 19.6 Å². The maximum atomic E-state index is 13.9. The van der Waals surface area contributed by atoms with E-state index in [1.54, 1.807) is 24.3 Å². The van der Waals surface area contributed by atoms with Gasteiger partial charge in [-0.15, -0.1) is 0 Å². The summed E-state index contributed by atoms with van der Waals surface area (Å²) in [6.07, 6.45) is 0. The highest BCUT2D eigenvalue weighted by Crippen LogP contribution is 2.43. The van der Waals surface area contributed by atoms with Crippen molar-refractivity contribution in [2.75, 3.05) is 0 Å². The molecular weight excluding hydrogens is 447 g/mol. The molecule has 4 aromatic rings. The Balaban J connectivity index is 1.50. The van der Waals surface area contributed by atoms with Crippen molar-refractivity contribution in [3.63, 3.8) is 0 Å². The first-order valence-electron chi connectivity index (χ1n) is 11.0. The number of ether oxygens (including phenoxy) is 2. The third-order valence-corrected chi connectivity index (χ3v) is 6.39. The smallest absolute Gasteiger partial charge is 0.379 e. The van der Waals surface area contributed by atoms with Crippen LogP contribution in [0.25, 0.3) is 11.0 Å². The molecule has 1 aromatic heterocycles. The van der Waals surface area contributed by atoms with Gasteiger partial charge >= 0.3 is 5.97 Å². The molecule has 1 aliphatic rings. The van der Waals surface area contributed by atoms with Crippen LogP contribution in [0.15, 0.2) is 70.5 Å². The van der Waals surface area contributed by atoms with E-state index in [2.05, 4.69) is 6.07 Å². The van der Waals surface area contributed by atoms with Gasteiger partial charge in [-0.25, -0.2) is 9.18 Å². The lowest BCUT2D eigenvalue weighted by atomic mass is 9.83. The zero-order chi connectivity index (χ0) is 24.9. The van der Waals surface area contributed by atoms with Crippen LogP contribution in [-0.4, -0.2) is 5.97 Å². The van der Waals surface area contributed by atoms with Crippen molar-refractivity contribution in [2.45, 2.75) is 26.7 Å². The van der Waals surface area contributed by atoms with Crippen LogP contribution in [0.3, 0.4) is 0 Å². The molecule has 35 heavy (non-hydrogen) atoms. The average molecular weight is 468 g/mol. The Morgan fingerprint density at radius 1 is 1.09 bits per heavy atom. The molecule has 0 amide bonds. The zero-order valence-corrected chi connectivity index (χ0v) is 19.3. The summed E-state index contributed by atoms with van der Waals surface area (Å²) in [4.78, 5) is 13.0. The van der Waals surface area contributed by atoms with Crippen molar-refractivity contribution >= 4 is 16.9 Å². The Kier molecular flexibility index (Phi) is 5.29. The molecule has 1 unspecified atom stereocenters. The Morgan fingerprint density at radius 2 is 1.89 bits per heavy atom. The predicted molar refractivity (Wildman–Crippen MR) is 128 cm³/mol. The van der Waals surface area contributed by atoms with Gasteiger partial charge in [-0.1, -0.05) is 30.3 Å². The van der Waals surface area contributed by atoms with Crippen LogP contribution >= 0.6 is 0 Å². The van der Waals surface area contributed by atoms with Gasteiger partial charge in [0.15, 0.2) is 0 Å². The molecule has 0 saturated carbocycles. The number of benzene rings is 3. The summed E-state index contributed by atoms with van der Waals surface area (Å²) in [6, 6.07) is 16.7. The SMILES string of the molecule is Cc1ccc2c(C)c(C(=O)Oc3ccc4c(c3)OC(N)=C(C#N)C4c3cccc(F)c3)oc2c1C. The fourth-order valence-electron chi connectivity index (χ4n) is 4.39. The summed E-state index contributed by atoms with van der Waals surface area (Å²) < 4.78 is 31.1. The predicted octanol–water partition coefficient (Wildman–Crippen LogP) is 5.93. The van der Waals surface area contributed by atoms with Crippen molar-refractivity contribution in [3.05, 3.63) is 105 Å². The van der Waals surface area contributed by atoms with Crippen LogP contribution in [0.1, 0.15) is 44.3 Å². The number of esters is 1. The number of carbonyl (C=O) groups is 1. The van der Waals surface area contributed by atoms with Crippen molar-refractivity contribution in [1.82, 2.24) is 0 Å². The van der Waals surface area contributed by atoms with Crippen molar-refractivity contribution in [2.24, 2.45) is 5.73 Å². The number of fused-ring (bicyclic) bond motifs is 2. The number of hydrogen-bond donors (Lipinski definition) is 1. The number of hydrogen-bond acceptors (Lipinski definition) is 6. The normalized spacial score (nSPS) is 14.9. The number of rotatable bonds is 3. The van der Waals surface area contributed by atoms with E-state index in [9.17, 15) is 14.4 Å². The molecule has 0 radical (unpaired) electrons. The van der Waals surface area contributed by atoms with Gasteiger partial charge in [-0.3, -0.25) is 0 Å². The maximum Gasteiger partial charge on any atom is 0.379 e. The van der Waals surface area contributed by atoms with E-state index in [1.165, 1.54) is 18.2 Å². The number of nitriles is 1. The van der Waals surface area contributed by atoms with Crippen LogP contribution in [-0.2, 0) is 0 Å². The molecule has 0 bridgehead atoms. The Bertz CT molecular complexity index is 1590. The van der Waals surface area contributed by atoms with Crippen LogP contribution in [0.2, 0.25) is 0 Å². The minimum Gasteiger partial charge on any atom is -0.448 e. The second kappa shape index (κ2) is 8.33. The van der Waals surface area contributed by atoms with Gasteiger partial charge in [-0.2, -0.15) is 5.26 Å². The molecule has 1 atom stereocenters. The summed E-state index contributed by atoms with van der Waals surface area (Å²) in [5.41, 5.74) is 10.7. The molecule has 6 nitrogen and oxygen atoms in total. The Hall–Kier alpha value is -4.57. The summed E-state index contributed by atoms with van der Waals surface area (Å²) >= 11 is 0. The first-order chi connectivity index (χ1) is 16.8. The van der Waals surface area contributed by atoms with E-state index < -0.39 is 17.7 Å². The number of furan rings is 1. The second-order valence-electron chi connectivity index (χ2n) is 8.51. The molecule has 7 heteroatoms. The maximum absolute atomic E-state index is 13.9. The minimum absolute atomic E-state index is 0.0864. The van der Waals surface area contributed by atoms with E-state index in [0.717, 1.165) is 16.5 Å². The molecule has 2 heterocycles. The van der Waals surface area contributed by atoms with E-state index >= 15 is 0 Å². The quantitative estimate of drug-likeness (QED) is 0.295. The Labute approximate surface area is 201 Å². The number of allylic oxidation sites excluding steroid dienone is 1. The third-order valence-electron chi connectivity index (χ3n) is 6.39. The molecular formula is C28H21FN2O4. The van der Waals surface area contributed by atoms with Gasteiger partial charge in [0.1, 0.15) is 34.5 Å². The lowest BCUT2D eigenvalue weighted by Gasteiger charge is -2.26. The molecule has 2 N–H and O–H groups in total. The lowest BCUT2D eigenvalue weighted by Crippen LogP contribution is -2.21. The summed E-state index contributed by atoms with van der Waals surface area (Å²) in [5.74, 6) is -1.12. The number of carbonyl (C=O) groups excluding carboxylic acids is 1. The summed E-state index contributed by atoms with van der Waals surface area (Å²) in [5, 5.41) is 10.5. The fourth-order valence-corrected chi connectivity index (χ4v) is 4.39. The average Bonchev–Trinajstić information content (AvgIpc) is 3.17. The van der Waals surface area contributed by atoms with E-state index in [-0.39, 0.29) is 23.0 Å². The van der Waals surface area contributed by atoms with Gasteiger partial charge < -0.3 is 19.6 Å². The largest absolute Gasteiger partial charge is 0.448 e. The highest BCUT2D eigenvalue weighted by Gasteiger charge is 2.31. The monoisotopic (exact) mass is 468 g/mol. The lowest BCUT2D eigenvalue weighted by molar-refractivity contribution is 0.0702. The molecule has 0 saturated heterocycles. The molecule has 0 aliphatic carbocycles. The van der Waals surface area contributed by atoms with Crippen LogP contribution in [0.4, 0.5) is 4.39 Å². The van der Waals surface area contributed by atoms with Crippen LogP contribution < -0.4 is 15.2 Å². The molecule has 3 aromatic carbocycles. The van der Waals surface area contributed by atoms with Crippen LogP contribution in [0, 0.1) is 37.9 Å². The van der Waals surface area contributed by atoms with Gasteiger partial charge in [-0.05, 0) is 55.7 Å². The standard InChI is InChI=1S/C28H21FN2O4/c1-14-7-9-20-16(3)26(35-25(20)15(14)2)28(32)33-19-8-10-21-23(12-19)34-27(31)22(13-30)24(21)17-5-4-6-18(29)11-17/h4-12,24H,31H2,1-3H3. The highest BCUT2D eigenvalue weighted by atomic mass is 19.1. The molecule has 1 aliphatic heterocycles. The van der Waals surface area contributed by atoms with Crippen molar-refractivity contribution in [3.8, 4) is 17.6 Å². The number of aryl methyl sites for hydroxylation is 3. The van der Waals surface area contributed by atoms with Gasteiger partial charge in [0.25, 0.3) is 0 Å².